The molecule has 0 heterocycles. The van der Waals surface area contributed by atoms with Crippen LogP contribution >= 0.6 is 0 Å². The van der Waals surface area contributed by atoms with E-state index in [4.69, 9.17) is 0 Å². The van der Waals surface area contributed by atoms with Crippen LogP contribution in [0.2, 0.25) is 0 Å². The highest BCUT2D eigenvalue weighted by atomic mass is 32.2. The van der Waals surface area contributed by atoms with E-state index < -0.39 is 27.3 Å². The van der Waals surface area contributed by atoms with Crippen LogP contribution in [0.15, 0.2) is 29.2 Å². The predicted molar refractivity (Wildman–Crippen MR) is 64.2 cm³/mol. The van der Waals surface area contributed by atoms with Crippen LogP contribution in [0.25, 0.3) is 0 Å². The molecule has 4 nitrogen and oxygen atoms in total. The molecule has 0 spiro atoms. The molecule has 0 unspecified atom stereocenters. The number of hydrogen-bond donors (Lipinski definition) is 1. The standard InChI is InChI=1S/C12H14FNO3S/c13-10-2-1-3-11(6-10)18(16,17)8-12(15)14-7-9-4-5-9/h1-3,6,9H,4-5,7-8H2,(H,14,15). The van der Waals surface area contributed by atoms with Crippen molar-refractivity contribution in [2.24, 2.45) is 5.92 Å². The van der Waals surface area contributed by atoms with E-state index in [2.05, 4.69) is 5.32 Å². The average molecular weight is 271 g/mol. The van der Waals surface area contributed by atoms with Gasteiger partial charge in [-0.25, -0.2) is 12.8 Å². The van der Waals surface area contributed by atoms with E-state index in [9.17, 15) is 17.6 Å². The number of carbonyl (C=O) groups excluding carboxylic acids is 1. The molecule has 0 aliphatic heterocycles. The fourth-order valence-electron chi connectivity index (χ4n) is 1.55. The summed E-state index contributed by atoms with van der Waals surface area (Å²) in [5.41, 5.74) is 0. The number of amides is 1. The zero-order valence-electron chi connectivity index (χ0n) is 9.73. The largest absolute Gasteiger partial charge is 0.355 e. The van der Waals surface area contributed by atoms with Gasteiger partial charge in [-0.05, 0) is 37.0 Å². The Bertz CT molecular complexity index is 552. The molecule has 1 fully saturated rings. The first-order chi connectivity index (χ1) is 8.47. The molecule has 1 amide bonds. The van der Waals surface area contributed by atoms with Gasteiger partial charge >= 0.3 is 0 Å². The van der Waals surface area contributed by atoms with Gasteiger partial charge in [-0.1, -0.05) is 6.07 Å². The van der Waals surface area contributed by atoms with Crippen LogP contribution in [0, 0.1) is 11.7 Å². The highest BCUT2D eigenvalue weighted by Gasteiger charge is 2.24. The predicted octanol–water partition coefficient (Wildman–Crippen LogP) is 1.13. The van der Waals surface area contributed by atoms with E-state index in [0.29, 0.717) is 12.5 Å². The number of hydrogen-bond acceptors (Lipinski definition) is 3. The Kier molecular flexibility index (Phi) is 3.65. The number of nitrogens with one attached hydrogen (secondary N) is 1. The minimum atomic E-state index is -3.76. The quantitative estimate of drug-likeness (QED) is 0.873. The Hall–Kier alpha value is -1.43. The van der Waals surface area contributed by atoms with E-state index in [-0.39, 0.29) is 4.90 Å². The lowest BCUT2D eigenvalue weighted by Gasteiger charge is -2.05. The fraction of sp³-hybridized carbons (Fsp3) is 0.417. The zero-order valence-corrected chi connectivity index (χ0v) is 10.5. The highest BCUT2D eigenvalue weighted by molar-refractivity contribution is 7.92. The van der Waals surface area contributed by atoms with Crippen LogP contribution in [0.3, 0.4) is 0 Å². The molecule has 1 aromatic rings. The van der Waals surface area contributed by atoms with Crippen LogP contribution < -0.4 is 5.32 Å². The Morgan fingerprint density at radius 3 is 2.72 bits per heavy atom. The zero-order chi connectivity index (χ0) is 13.2. The van der Waals surface area contributed by atoms with Gasteiger partial charge in [-0.15, -0.1) is 0 Å². The number of carbonyl (C=O) groups is 1. The third-order valence-corrected chi connectivity index (χ3v) is 4.38. The molecule has 18 heavy (non-hydrogen) atoms. The number of sulfone groups is 1. The second kappa shape index (κ2) is 5.06. The first-order valence-corrected chi connectivity index (χ1v) is 7.37. The smallest absolute Gasteiger partial charge is 0.235 e. The van der Waals surface area contributed by atoms with Crippen molar-refractivity contribution in [3.05, 3.63) is 30.1 Å². The summed E-state index contributed by atoms with van der Waals surface area (Å²) in [6.07, 6.45) is 2.16. The van der Waals surface area contributed by atoms with Gasteiger partial charge in [0.05, 0.1) is 4.90 Å². The van der Waals surface area contributed by atoms with Crippen molar-refractivity contribution in [3.63, 3.8) is 0 Å². The monoisotopic (exact) mass is 271 g/mol. The van der Waals surface area contributed by atoms with Gasteiger partial charge in [-0.2, -0.15) is 0 Å². The van der Waals surface area contributed by atoms with E-state index in [1.165, 1.54) is 12.1 Å². The fourth-order valence-corrected chi connectivity index (χ4v) is 2.74. The lowest BCUT2D eigenvalue weighted by Crippen LogP contribution is -2.31. The summed E-state index contributed by atoms with van der Waals surface area (Å²) in [5, 5.41) is 2.57. The van der Waals surface area contributed by atoms with Crippen molar-refractivity contribution in [1.29, 1.82) is 0 Å². The number of benzene rings is 1. The first kappa shape index (κ1) is 13.0. The minimum absolute atomic E-state index is 0.163. The number of halogens is 1. The molecule has 0 aromatic heterocycles. The molecule has 98 valence electrons. The SMILES string of the molecule is O=C(CS(=O)(=O)c1cccc(F)c1)NCC1CC1. The lowest BCUT2D eigenvalue weighted by atomic mass is 10.4. The lowest BCUT2D eigenvalue weighted by molar-refractivity contribution is -0.118. The molecule has 0 bridgehead atoms. The summed E-state index contributed by atoms with van der Waals surface area (Å²) < 4.78 is 36.6. The van der Waals surface area contributed by atoms with Crippen molar-refractivity contribution in [2.75, 3.05) is 12.3 Å². The van der Waals surface area contributed by atoms with Crippen molar-refractivity contribution in [1.82, 2.24) is 5.32 Å². The summed E-state index contributed by atoms with van der Waals surface area (Å²) in [7, 11) is -3.76. The molecule has 1 aliphatic rings. The second-order valence-corrected chi connectivity index (χ2v) is 6.45. The van der Waals surface area contributed by atoms with Gasteiger partial charge in [0.1, 0.15) is 11.6 Å². The molecule has 0 radical (unpaired) electrons. The molecule has 1 aromatic carbocycles. The van der Waals surface area contributed by atoms with Crippen molar-refractivity contribution in [3.8, 4) is 0 Å². The van der Waals surface area contributed by atoms with Crippen LogP contribution in [0.5, 0.6) is 0 Å². The van der Waals surface area contributed by atoms with Crippen molar-refractivity contribution >= 4 is 15.7 Å². The van der Waals surface area contributed by atoms with Crippen molar-refractivity contribution < 1.29 is 17.6 Å². The number of rotatable bonds is 5. The third kappa shape index (κ3) is 3.53. The van der Waals surface area contributed by atoms with Crippen LogP contribution in [-0.2, 0) is 14.6 Å². The van der Waals surface area contributed by atoms with Gasteiger partial charge < -0.3 is 5.32 Å². The molecule has 1 saturated carbocycles. The maximum atomic E-state index is 12.9. The van der Waals surface area contributed by atoms with Crippen LogP contribution in [0.4, 0.5) is 4.39 Å². The average Bonchev–Trinajstić information content (AvgIpc) is 3.09. The van der Waals surface area contributed by atoms with Crippen LogP contribution in [-0.4, -0.2) is 26.6 Å². The third-order valence-electron chi connectivity index (χ3n) is 2.76. The molecular formula is C12H14FNO3S. The van der Waals surface area contributed by atoms with Gasteiger partial charge in [0.25, 0.3) is 0 Å². The van der Waals surface area contributed by atoms with Crippen LogP contribution in [0.1, 0.15) is 12.8 Å². The molecule has 0 atom stereocenters. The summed E-state index contributed by atoms with van der Waals surface area (Å²) in [6.45, 7) is 0.525. The molecule has 1 N–H and O–H groups in total. The minimum Gasteiger partial charge on any atom is -0.355 e. The van der Waals surface area contributed by atoms with E-state index >= 15 is 0 Å². The normalized spacial score (nSPS) is 15.4. The van der Waals surface area contributed by atoms with E-state index in [1.807, 2.05) is 0 Å². The Labute approximate surface area is 105 Å². The molecule has 0 saturated heterocycles. The summed E-state index contributed by atoms with van der Waals surface area (Å²) in [5.74, 6) is -1.31. The highest BCUT2D eigenvalue weighted by Crippen LogP contribution is 2.27. The van der Waals surface area contributed by atoms with Gasteiger partial charge in [0.15, 0.2) is 9.84 Å². The Morgan fingerprint density at radius 2 is 2.11 bits per heavy atom. The first-order valence-electron chi connectivity index (χ1n) is 5.72. The van der Waals surface area contributed by atoms with Gasteiger partial charge in [-0.3, -0.25) is 4.79 Å². The molecule has 2 rings (SSSR count). The van der Waals surface area contributed by atoms with Gasteiger partial charge in [0.2, 0.25) is 5.91 Å². The topological polar surface area (TPSA) is 63.2 Å². The molecule has 1 aliphatic carbocycles. The Balaban J connectivity index is 1.99. The molecule has 6 heteroatoms. The maximum absolute atomic E-state index is 12.9. The Morgan fingerprint density at radius 1 is 1.39 bits per heavy atom. The van der Waals surface area contributed by atoms with Gasteiger partial charge in [0, 0.05) is 6.54 Å². The maximum Gasteiger partial charge on any atom is 0.235 e. The molecular weight excluding hydrogens is 257 g/mol. The summed E-state index contributed by atoms with van der Waals surface area (Å²) >= 11 is 0. The summed E-state index contributed by atoms with van der Waals surface area (Å²) in [4.78, 5) is 11.3. The second-order valence-electron chi connectivity index (χ2n) is 4.46. The van der Waals surface area contributed by atoms with Crippen molar-refractivity contribution in [2.45, 2.75) is 17.7 Å². The van der Waals surface area contributed by atoms with E-state index in [1.54, 1.807) is 0 Å². The van der Waals surface area contributed by atoms with E-state index in [0.717, 1.165) is 25.0 Å². The summed E-state index contributed by atoms with van der Waals surface area (Å²) in [6, 6.07) is 4.67.